The third-order valence-electron chi connectivity index (χ3n) is 20.7. The van der Waals surface area contributed by atoms with Crippen LogP contribution in [0.3, 0.4) is 0 Å². The lowest BCUT2D eigenvalue weighted by molar-refractivity contribution is 0.269. The van der Waals surface area contributed by atoms with E-state index in [0.717, 1.165) is 72.9 Å². The summed E-state index contributed by atoms with van der Waals surface area (Å²) < 4.78 is 0. The van der Waals surface area contributed by atoms with E-state index in [1.165, 1.54) is 149 Å². The first kappa shape index (κ1) is 67.9. The maximum atomic E-state index is 2.62. The predicted molar refractivity (Wildman–Crippen MR) is 415 cm³/mol. The quantitative estimate of drug-likeness (QED) is 0.0380. The molecular formula is C93H102N4. The molecule has 0 spiro atoms. The summed E-state index contributed by atoms with van der Waals surface area (Å²) in [5, 5.41) is 0. The minimum atomic E-state index is -0.0863. The number of aryl methyl sites for hydroxylation is 4. The molecule has 0 saturated carbocycles. The average molecular weight is 1280 g/mol. The minimum Gasteiger partial charge on any atom is -0.311 e. The summed E-state index contributed by atoms with van der Waals surface area (Å²) in [6.45, 7) is 11.1. The summed E-state index contributed by atoms with van der Waals surface area (Å²) in [5.41, 5.74) is 26.0. The Kier molecular flexibility index (Phi) is 23.3. The predicted octanol–water partition coefficient (Wildman–Crippen LogP) is 25.2. The molecule has 494 valence electrons. The maximum absolute atomic E-state index is 2.62. The van der Waals surface area contributed by atoms with Gasteiger partial charge >= 0.3 is 0 Å². The Balaban J connectivity index is 0.823. The second kappa shape index (κ2) is 33.3. The zero-order valence-corrected chi connectivity index (χ0v) is 58.7. The van der Waals surface area contributed by atoms with Crippen LogP contribution in [0.15, 0.2) is 279 Å². The number of anilines is 6. The summed E-state index contributed by atoms with van der Waals surface area (Å²) in [7, 11) is 4.64. The van der Waals surface area contributed by atoms with E-state index >= 15 is 0 Å². The molecule has 0 aliphatic heterocycles. The summed E-state index contributed by atoms with van der Waals surface area (Å²) in [6.07, 6.45) is 18.8. The Hall–Kier alpha value is -9.06. The molecule has 0 amide bonds. The van der Waals surface area contributed by atoms with E-state index in [-0.39, 0.29) is 17.5 Å². The summed E-state index contributed by atoms with van der Waals surface area (Å²) in [6, 6.07) is 106. The molecule has 97 heavy (non-hydrogen) atoms. The molecule has 0 bridgehead atoms. The van der Waals surface area contributed by atoms with Crippen LogP contribution in [0.25, 0.3) is 22.3 Å². The van der Waals surface area contributed by atoms with Crippen LogP contribution >= 0.6 is 0 Å². The van der Waals surface area contributed by atoms with Gasteiger partial charge in [-0.05, 0) is 238 Å². The summed E-state index contributed by atoms with van der Waals surface area (Å²) in [5.74, 6) is 0. The fraction of sp³-hybridized carbons (Fsp3) is 0.290. The highest BCUT2D eigenvalue weighted by Gasteiger charge is 2.42. The van der Waals surface area contributed by atoms with Gasteiger partial charge in [-0.25, -0.2) is 0 Å². The second-order valence-electron chi connectivity index (χ2n) is 27.7. The maximum Gasteiger partial charge on any atom is 0.0599 e. The molecule has 0 aromatic heterocycles. The molecule has 0 N–H and O–H groups in total. The van der Waals surface area contributed by atoms with Crippen molar-refractivity contribution >= 4 is 34.1 Å². The van der Waals surface area contributed by atoms with Crippen LogP contribution in [-0.2, 0) is 18.3 Å². The van der Waals surface area contributed by atoms with E-state index in [4.69, 9.17) is 0 Å². The molecule has 1 aliphatic rings. The van der Waals surface area contributed by atoms with Gasteiger partial charge in [0, 0.05) is 39.5 Å². The van der Waals surface area contributed by atoms with Crippen molar-refractivity contribution in [3.8, 4) is 22.3 Å². The first-order valence-electron chi connectivity index (χ1n) is 36.6. The fourth-order valence-electron chi connectivity index (χ4n) is 15.5. The molecule has 0 atom stereocenters. The van der Waals surface area contributed by atoms with Gasteiger partial charge in [0.05, 0.1) is 12.1 Å². The Labute approximate surface area is 582 Å². The van der Waals surface area contributed by atoms with E-state index in [0.29, 0.717) is 0 Å². The van der Waals surface area contributed by atoms with E-state index in [1.807, 2.05) is 0 Å². The molecule has 0 unspecified atom stereocenters. The van der Waals surface area contributed by atoms with Crippen LogP contribution in [0, 0.1) is 13.8 Å². The molecule has 12 rings (SSSR count). The lowest BCUT2D eigenvalue weighted by Gasteiger charge is -2.33. The molecule has 11 aromatic rings. The highest BCUT2D eigenvalue weighted by Crippen LogP contribution is 2.55. The van der Waals surface area contributed by atoms with Gasteiger partial charge in [0.25, 0.3) is 0 Å². The lowest BCUT2D eigenvalue weighted by Crippen LogP contribution is -2.27. The van der Waals surface area contributed by atoms with Crippen LogP contribution in [0.2, 0.25) is 0 Å². The second-order valence-corrected chi connectivity index (χ2v) is 27.7. The van der Waals surface area contributed by atoms with Gasteiger partial charge in [-0.1, -0.05) is 277 Å². The number of fused-ring (bicyclic) bond motifs is 3. The van der Waals surface area contributed by atoms with Crippen molar-refractivity contribution in [3.05, 3.63) is 335 Å². The fourth-order valence-corrected chi connectivity index (χ4v) is 15.5. The van der Waals surface area contributed by atoms with Gasteiger partial charge in [-0.2, -0.15) is 0 Å². The van der Waals surface area contributed by atoms with Crippen LogP contribution in [-0.4, -0.2) is 37.0 Å². The zero-order valence-electron chi connectivity index (χ0n) is 58.7. The van der Waals surface area contributed by atoms with Crippen LogP contribution in [0.4, 0.5) is 34.1 Å². The van der Waals surface area contributed by atoms with Crippen LogP contribution < -0.4 is 9.80 Å². The number of benzene rings is 11. The number of hydrogen-bond donors (Lipinski definition) is 0. The van der Waals surface area contributed by atoms with E-state index < -0.39 is 0 Å². The molecule has 0 saturated heterocycles. The van der Waals surface area contributed by atoms with E-state index in [1.54, 1.807) is 5.56 Å². The monoisotopic (exact) mass is 1270 g/mol. The third-order valence-corrected chi connectivity index (χ3v) is 20.7. The zero-order chi connectivity index (χ0) is 66.8. The van der Waals surface area contributed by atoms with Gasteiger partial charge < -0.3 is 9.80 Å². The molecule has 4 nitrogen and oxygen atoms in total. The molecular weight excluding hydrogens is 1170 g/mol. The third kappa shape index (κ3) is 16.5. The Morgan fingerprint density at radius 3 is 1.01 bits per heavy atom. The topological polar surface area (TPSA) is 13.0 Å². The number of nitrogens with zero attached hydrogens (tertiary/aromatic N) is 4. The van der Waals surface area contributed by atoms with Gasteiger partial charge in [-0.15, -0.1) is 0 Å². The van der Waals surface area contributed by atoms with Crippen molar-refractivity contribution in [3.63, 3.8) is 0 Å². The van der Waals surface area contributed by atoms with Gasteiger partial charge in [0.1, 0.15) is 0 Å². The van der Waals surface area contributed by atoms with Crippen molar-refractivity contribution < 1.29 is 0 Å². The molecule has 0 radical (unpaired) electrons. The van der Waals surface area contributed by atoms with Gasteiger partial charge in [0.15, 0.2) is 0 Å². The van der Waals surface area contributed by atoms with Crippen molar-refractivity contribution in [2.45, 2.75) is 148 Å². The SMILES string of the molecule is CCCCc1ccc(N(c2ccc(C)cc2)c2ccc(N(c3ccc(CCCC)cc3)c3ccc(-c4ccc5c(c4)C(CCCCCCN(C)C(c4ccccc4)c4ccccc4)(CCCCCCN(C)C(c4ccccc4)c4ccccc4)c4cc(C)ccc4-5)cc3)cc2)cc1. The first-order chi connectivity index (χ1) is 47.7. The number of hydrogen-bond acceptors (Lipinski definition) is 4. The van der Waals surface area contributed by atoms with Gasteiger partial charge in [-0.3, -0.25) is 9.80 Å². The smallest absolute Gasteiger partial charge is 0.0599 e. The van der Waals surface area contributed by atoms with E-state index in [2.05, 4.69) is 340 Å². The van der Waals surface area contributed by atoms with E-state index in [9.17, 15) is 0 Å². The minimum absolute atomic E-state index is 0.0863. The number of rotatable bonds is 33. The highest BCUT2D eigenvalue weighted by atomic mass is 15.2. The Morgan fingerprint density at radius 1 is 0.299 bits per heavy atom. The average Bonchev–Trinajstić information content (AvgIpc) is 1.58. The van der Waals surface area contributed by atoms with Crippen molar-refractivity contribution in [1.29, 1.82) is 0 Å². The molecule has 4 heteroatoms. The molecule has 0 heterocycles. The largest absolute Gasteiger partial charge is 0.311 e. The first-order valence-corrected chi connectivity index (χ1v) is 36.6. The Morgan fingerprint density at radius 2 is 0.619 bits per heavy atom. The normalized spacial score (nSPS) is 12.4. The molecule has 1 aliphatic carbocycles. The van der Waals surface area contributed by atoms with Crippen molar-refractivity contribution in [1.82, 2.24) is 9.80 Å². The molecule has 0 fully saturated rings. The lowest BCUT2D eigenvalue weighted by atomic mass is 9.70. The van der Waals surface area contributed by atoms with Crippen molar-refractivity contribution in [2.75, 3.05) is 37.0 Å². The highest BCUT2D eigenvalue weighted by molar-refractivity contribution is 5.86. The number of unbranched alkanes of at least 4 members (excludes halogenated alkanes) is 8. The van der Waals surface area contributed by atoms with Gasteiger partial charge in [0.2, 0.25) is 0 Å². The molecule has 11 aromatic carbocycles. The van der Waals surface area contributed by atoms with Crippen LogP contribution in [0.5, 0.6) is 0 Å². The van der Waals surface area contributed by atoms with Crippen LogP contribution in [0.1, 0.15) is 171 Å². The summed E-state index contributed by atoms with van der Waals surface area (Å²) >= 11 is 0. The Bertz CT molecular complexity index is 3990. The van der Waals surface area contributed by atoms with Crippen molar-refractivity contribution in [2.24, 2.45) is 0 Å². The summed E-state index contributed by atoms with van der Waals surface area (Å²) in [4.78, 5) is 9.98. The standard InChI is InChI=1S/C93H102N4/c1-7-9-31-73-44-53-82(54-45-73)96(81-51-41-71(3)42-52-81)85-59-61-86(62-60-85)97(83-55-46-74(47-56-83)32-10-8-2)84-57-48-75(49-58-84)80-50-64-88-87-63-43-72(4)69-89(87)93(90(88)70-80,65-27-11-13-29-67-94(5)91(76-33-19-15-20-34-76)77-35-21-16-22-36-77)66-28-12-14-30-68-95(6)92(78-37-23-17-24-38-78)79-39-25-18-26-40-79/h15-26,33-64,69-70,91-92H,7-14,27-32,65-68H2,1-6H3.